The molecule has 0 aliphatic rings. The number of hydrogen-bond donors (Lipinski definition) is 2. The van der Waals surface area contributed by atoms with Crippen molar-refractivity contribution in [2.75, 3.05) is 7.11 Å². The molecule has 3 heterocycles. The van der Waals surface area contributed by atoms with E-state index in [1.165, 1.54) is 0 Å². The Hall–Kier alpha value is -2.00. The van der Waals surface area contributed by atoms with Crippen molar-refractivity contribution in [1.82, 2.24) is 35.3 Å². The van der Waals surface area contributed by atoms with Crippen LogP contribution in [0.25, 0.3) is 4.96 Å². The number of nitrogens with zero attached hydrogens (tertiary/aromatic N) is 5. The predicted molar refractivity (Wildman–Crippen MR) is 69.1 cm³/mol. The summed E-state index contributed by atoms with van der Waals surface area (Å²) in [6.45, 7) is 2.58. The maximum Gasteiger partial charge on any atom is 0.237 e. The van der Waals surface area contributed by atoms with E-state index in [2.05, 4.69) is 30.9 Å². The Morgan fingerprint density at radius 3 is 3.21 bits per heavy atom. The van der Waals surface area contributed by atoms with Gasteiger partial charge in [0.2, 0.25) is 5.88 Å². The largest absolute Gasteiger partial charge is 0.480 e. The third-order valence-corrected chi connectivity index (χ3v) is 3.60. The number of fused-ring (bicyclic) bond motifs is 1. The molecule has 1 unspecified atom stereocenters. The molecule has 0 aromatic carbocycles. The molecule has 2 N–H and O–H groups in total. The minimum atomic E-state index is -0.00681. The van der Waals surface area contributed by atoms with Gasteiger partial charge in [-0.2, -0.15) is 10.2 Å². The zero-order valence-corrected chi connectivity index (χ0v) is 11.3. The van der Waals surface area contributed by atoms with Crippen LogP contribution in [-0.2, 0) is 6.54 Å². The third kappa shape index (κ3) is 2.17. The average Bonchev–Trinajstić information content (AvgIpc) is 3.12. The number of tetrazole rings is 1. The van der Waals surface area contributed by atoms with Gasteiger partial charge >= 0.3 is 0 Å². The predicted octanol–water partition coefficient (Wildman–Crippen LogP) is 0.768. The number of rotatable bonds is 5. The van der Waals surface area contributed by atoms with Crippen LogP contribution in [0.3, 0.4) is 0 Å². The van der Waals surface area contributed by atoms with E-state index in [1.807, 2.05) is 22.9 Å². The zero-order valence-electron chi connectivity index (χ0n) is 10.5. The number of ether oxygens (including phenoxy) is 1. The lowest BCUT2D eigenvalue weighted by Gasteiger charge is -2.09. The van der Waals surface area contributed by atoms with E-state index in [1.54, 1.807) is 18.4 Å². The Labute approximate surface area is 112 Å². The minimum absolute atomic E-state index is 0.00681. The van der Waals surface area contributed by atoms with Crippen molar-refractivity contribution in [2.45, 2.75) is 19.5 Å². The number of hydrogen-bond acceptors (Lipinski definition) is 7. The summed E-state index contributed by atoms with van der Waals surface area (Å²) >= 11 is 1.57. The fraction of sp³-hybridized carbons (Fsp3) is 0.400. The molecule has 100 valence electrons. The van der Waals surface area contributed by atoms with Crippen LogP contribution >= 0.6 is 11.3 Å². The fourth-order valence-corrected chi connectivity index (χ4v) is 2.56. The molecule has 3 aromatic heterocycles. The second-order valence-electron chi connectivity index (χ2n) is 4.00. The fourth-order valence-electron chi connectivity index (χ4n) is 1.83. The van der Waals surface area contributed by atoms with Gasteiger partial charge in [0.25, 0.3) is 0 Å². The molecular formula is C10H13N7OS. The van der Waals surface area contributed by atoms with Crippen molar-refractivity contribution < 1.29 is 4.74 Å². The lowest BCUT2D eigenvalue weighted by Crippen LogP contribution is -2.20. The first-order valence-corrected chi connectivity index (χ1v) is 6.62. The van der Waals surface area contributed by atoms with Gasteiger partial charge < -0.3 is 10.1 Å². The lowest BCUT2D eigenvalue weighted by molar-refractivity contribution is 0.390. The summed E-state index contributed by atoms with van der Waals surface area (Å²) in [7, 11) is 1.62. The van der Waals surface area contributed by atoms with Crippen LogP contribution in [-0.4, -0.2) is 37.1 Å². The highest BCUT2D eigenvalue weighted by molar-refractivity contribution is 7.15. The second kappa shape index (κ2) is 4.94. The molecule has 3 rings (SSSR count). The topological polar surface area (TPSA) is 93.0 Å². The van der Waals surface area contributed by atoms with Crippen LogP contribution in [0.15, 0.2) is 11.6 Å². The van der Waals surface area contributed by atoms with Crippen molar-refractivity contribution >= 4 is 16.3 Å². The summed E-state index contributed by atoms with van der Waals surface area (Å²) in [5, 5.41) is 19.2. The minimum Gasteiger partial charge on any atom is -0.480 e. The highest BCUT2D eigenvalue weighted by Gasteiger charge is 2.16. The smallest absolute Gasteiger partial charge is 0.237 e. The third-order valence-electron chi connectivity index (χ3n) is 2.84. The molecule has 1 atom stereocenters. The van der Waals surface area contributed by atoms with Crippen molar-refractivity contribution in [1.29, 1.82) is 0 Å². The quantitative estimate of drug-likeness (QED) is 0.716. The van der Waals surface area contributed by atoms with Gasteiger partial charge in [-0.05, 0) is 6.92 Å². The molecule has 0 amide bonds. The molecular weight excluding hydrogens is 266 g/mol. The normalized spacial score (nSPS) is 12.9. The summed E-state index contributed by atoms with van der Waals surface area (Å²) in [5.74, 6) is 1.27. The molecule has 0 bridgehead atoms. The molecule has 0 saturated carbocycles. The molecule has 0 aliphatic heterocycles. The van der Waals surface area contributed by atoms with E-state index in [0.29, 0.717) is 18.2 Å². The number of H-pyrrole nitrogens is 1. The molecule has 0 aliphatic carbocycles. The molecule has 0 spiro atoms. The molecule has 19 heavy (non-hydrogen) atoms. The molecule has 3 aromatic rings. The van der Waals surface area contributed by atoms with Gasteiger partial charge in [-0.15, -0.1) is 21.5 Å². The maximum absolute atomic E-state index is 5.30. The van der Waals surface area contributed by atoms with Gasteiger partial charge in [0.15, 0.2) is 10.8 Å². The summed E-state index contributed by atoms with van der Waals surface area (Å²) < 4.78 is 7.31. The number of methoxy groups -OCH3 is 1. The van der Waals surface area contributed by atoms with E-state index < -0.39 is 0 Å². The van der Waals surface area contributed by atoms with Crippen molar-refractivity contribution in [3.63, 3.8) is 0 Å². The lowest BCUT2D eigenvalue weighted by atomic mass is 10.3. The van der Waals surface area contributed by atoms with Gasteiger partial charge in [0.1, 0.15) is 5.69 Å². The monoisotopic (exact) mass is 279 g/mol. The van der Waals surface area contributed by atoms with Gasteiger partial charge in [-0.25, -0.2) is 0 Å². The molecule has 9 heteroatoms. The first kappa shape index (κ1) is 12.1. The maximum atomic E-state index is 5.30. The van der Waals surface area contributed by atoms with Crippen LogP contribution in [0.1, 0.15) is 24.5 Å². The Bertz CT molecular complexity index is 659. The number of imidazole rings is 1. The average molecular weight is 279 g/mol. The Morgan fingerprint density at radius 2 is 2.47 bits per heavy atom. The van der Waals surface area contributed by atoms with E-state index in [0.717, 1.165) is 10.7 Å². The van der Waals surface area contributed by atoms with E-state index in [-0.39, 0.29) is 6.04 Å². The number of nitrogens with one attached hydrogen (secondary N) is 2. The van der Waals surface area contributed by atoms with Gasteiger partial charge in [0.05, 0.1) is 13.2 Å². The standard InChI is InChI=1S/C10H13N7OS/c1-6(8-13-15-16-14-8)11-5-7-9(18-2)12-10-17(7)3-4-19-10/h3-4,6,11H,5H2,1-2H3,(H,13,14,15,16). The van der Waals surface area contributed by atoms with Crippen LogP contribution in [0.2, 0.25) is 0 Å². The number of thiazole rings is 1. The summed E-state index contributed by atoms with van der Waals surface area (Å²) in [5.41, 5.74) is 0.981. The van der Waals surface area contributed by atoms with E-state index >= 15 is 0 Å². The summed E-state index contributed by atoms with van der Waals surface area (Å²) in [6, 6.07) is -0.00681. The molecule has 0 fully saturated rings. The van der Waals surface area contributed by atoms with Crippen LogP contribution in [0, 0.1) is 0 Å². The van der Waals surface area contributed by atoms with Crippen molar-refractivity contribution in [3.8, 4) is 5.88 Å². The van der Waals surface area contributed by atoms with E-state index in [4.69, 9.17) is 4.74 Å². The molecule has 0 radical (unpaired) electrons. The first-order valence-electron chi connectivity index (χ1n) is 5.74. The highest BCUT2D eigenvalue weighted by atomic mass is 32.1. The van der Waals surface area contributed by atoms with Gasteiger partial charge in [-0.3, -0.25) is 4.40 Å². The first-order chi connectivity index (χ1) is 9.29. The second-order valence-corrected chi connectivity index (χ2v) is 4.87. The van der Waals surface area contributed by atoms with Gasteiger partial charge in [0, 0.05) is 18.1 Å². The number of aromatic amines is 1. The molecule has 8 nitrogen and oxygen atoms in total. The molecule has 0 saturated heterocycles. The summed E-state index contributed by atoms with van der Waals surface area (Å²) in [4.78, 5) is 5.32. The Morgan fingerprint density at radius 1 is 1.58 bits per heavy atom. The van der Waals surface area contributed by atoms with Crippen LogP contribution < -0.4 is 10.1 Å². The van der Waals surface area contributed by atoms with Crippen LogP contribution in [0.5, 0.6) is 5.88 Å². The SMILES string of the molecule is COc1nc2sccn2c1CNC(C)c1nn[nH]n1. The van der Waals surface area contributed by atoms with Crippen molar-refractivity contribution in [2.24, 2.45) is 0 Å². The Balaban J connectivity index is 1.79. The highest BCUT2D eigenvalue weighted by Crippen LogP contribution is 2.23. The van der Waals surface area contributed by atoms with Crippen molar-refractivity contribution in [3.05, 3.63) is 23.1 Å². The van der Waals surface area contributed by atoms with Gasteiger partial charge in [-0.1, -0.05) is 5.21 Å². The summed E-state index contributed by atoms with van der Waals surface area (Å²) in [6.07, 6.45) is 1.98. The number of aromatic nitrogens is 6. The van der Waals surface area contributed by atoms with E-state index in [9.17, 15) is 0 Å². The van der Waals surface area contributed by atoms with Crippen LogP contribution in [0.4, 0.5) is 0 Å². The Kier molecular flexibility index (Phi) is 3.13. The zero-order chi connectivity index (χ0) is 13.2.